The number of alkyl halides is 1. The Morgan fingerprint density at radius 1 is 1.23 bits per heavy atom. The summed E-state index contributed by atoms with van der Waals surface area (Å²) in [6.45, 7) is 21.7. The fraction of sp³-hybridized carbons (Fsp3) is 0.821. The normalized spacial score (nSPS) is 31.0. The number of Topliss-reactive ketones (excluding diaryl/α,β-unsaturated/α-hetero) is 1. The molecule has 0 bridgehead atoms. The molecule has 2 heterocycles. The molecule has 2 fully saturated rings. The average molecular weight is 637 g/mol. The second-order valence-corrected chi connectivity index (χ2v) is 18.8. The lowest BCUT2D eigenvalue weighted by atomic mass is 9.77. The highest BCUT2D eigenvalue weighted by molar-refractivity contribution is 14.1. The zero-order chi connectivity index (χ0) is 26.6. The van der Waals surface area contributed by atoms with Gasteiger partial charge < -0.3 is 13.9 Å². The molecule has 2 saturated heterocycles. The summed E-state index contributed by atoms with van der Waals surface area (Å²) in [6, 6.07) is 0. The first-order valence-corrected chi connectivity index (χ1v) is 17.6. The van der Waals surface area contributed by atoms with Gasteiger partial charge in [0.05, 0.1) is 24.4 Å². The van der Waals surface area contributed by atoms with Crippen LogP contribution in [0.3, 0.4) is 0 Å². The Hall–Kier alpha value is 0.0869. The van der Waals surface area contributed by atoms with Gasteiger partial charge in [-0.05, 0) is 94.2 Å². The molecule has 2 rings (SSSR count). The molecule has 200 valence electrons. The van der Waals surface area contributed by atoms with Crippen molar-refractivity contribution in [1.82, 2.24) is 0 Å². The molecular formula is C28H46ClIO4Si. The van der Waals surface area contributed by atoms with Gasteiger partial charge in [-0.3, -0.25) is 4.79 Å². The third-order valence-corrected chi connectivity index (χ3v) is 13.4. The lowest BCUT2D eigenvalue weighted by molar-refractivity contribution is -0.236. The third kappa shape index (κ3) is 8.82. The number of hydrogen-bond acceptors (Lipinski definition) is 4. The molecule has 0 aromatic carbocycles. The molecule has 0 saturated carbocycles. The molecule has 0 amide bonds. The SMILES string of the molecule is C=C(I)C[C@H](Cl)CCC(=O)C#C[C@H](O[Si](C)(C)C(C)(C)C)[C@@H]1O[C@H]2CC[C@H](CC)O[C@@H]2[C@H](C)[C@@H]1C. The summed E-state index contributed by atoms with van der Waals surface area (Å²) in [5.41, 5.74) is 0. The van der Waals surface area contributed by atoms with Crippen molar-refractivity contribution >= 4 is 48.3 Å². The maximum Gasteiger partial charge on any atom is 0.205 e. The van der Waals surface area contributed by atoms with Crippen molar-refractivity contribution in [1.29, 1.82) is 0 Å². The van der Waals surface area contributed by atoms with Crippen molar-refractivity contribution < 1.29 is 18.7 Å². The van der Waals surface area contributed by atoms with Crippen molar-refractivity contribution in [3.63, 3.8) is 0 Å². The highest BCUT2D eigenvalue weighted by Crippen LogP contribution is 2.43. The molecule has 35 heavy (non-hydrogen) atoms. The molecule has 4 nitrogen and oxygen atoms in total. The Morgan fingerprint density at radius 2 is 1.89 bits per heavy atom. The van der Waals surface area contributed by atoms with Gasteiger partial charge >= 0.3 is 0 Å². The van der Waals surface area contributed by atoms with Gasteiger partial charge in [-0.15, -0.1) is 11.6 Å². The Bertz CT molecular complexity index is 797. The number of fused-ring (bicyclic) bond motifs is 1. The van der Waals surface area contributed by atoms with Gasteiger partial charge in [-0.25, -0.2) is 0 Å². The number of hydrogen-bond donors (Lipinski definition) is 0. The van der Waals surface area contributed by atoms with Crippen molar-refractivity contribution in [3.8, 4) is 11.8 Å². The number of carbonyl (C=O) groups is 1. The Balaban J connectivity index is 2.23. The van der Waals surface area contributed by atoms with E-state index in [1.807, 2.05) is 0 Å². The van der Waals surface area contributed by atoms with E-state index in [1.165, 1.54) is 0 Å². The van der Waals surface area contributed by atoms with Crippen LogP contribution in [0.2, 0.25) is 18.1 Å². The lowest BCUT2D eigenvalue weighted by Crippen LogP contribution is -2.58. The highest BCUT2D eigenvalue weighted by atomic mass is 127. The van der Waals surface area contributed by atoms with Crippen LogP contribution in [-0.2, 0) is 18.7 Å². The van der Waals surface area contributed by atoms with Gasteiger partial charge in [-0.1, -0.05) is 54.0 Å². The van der Waals surface area contributed by atoms with Crippen LogP contribution in [0.1, 0.15) is 80.1 Å². The monoisotopic (exact) mass is 636 g/mol. The average Bonchev–Trinajstić information content (AvgIpc) is 2.76. The number of carbonyl (C=O) groups excluding carboxylic acids is 1. The molecule has 0 aromatic rings. The van der Waals surface area contributed by atoms with E-state index in [2.05, 4.69) is 95.6 Å². The summed E-state index contributed by atoms with van der Waals surface area (Å²) in [6.07, 6.45) is 4.53. The molecule has 0 spiro atoms. The Labute approximate surface area is 233 Å². The van der Waals surface area contributed by atoms with Gasteiger partial charge in [0, 0.05) is 11.8 Å². The molecule has 7 heteroatoms. The van der Waals surface area contributed by atoms with Gasteiger partial charge in [-0.2, -0.15) is 0 Å². The van der Waals surface area contributed by atoms with Gasteiger partial charge in [0.1, 0.15) is 6.10 Å². The van der Waals surface area contributed by atoms with Crippen LogP contribution < -0.4 is 0 Å². The maximum atomic E-state index is 12.7. The minimum absolute atomic E-state index is 0.0268. The lowest BCUT2D eigenvalue weighted by Gasteiger charge is -2.50. The molecule has 0 radical (unpaired) electrons. The van der Waals surface area contributed by atoms with E-state index < -0.39 is 14.4 Å². The van der Waals surface area contributed by atoms with Gasteiger partial charge in [0.2, 0.25) is 5.78 Å². The minimum atomic E-state index is -2.15. The van der Waals surface area contributed by atoms with Crippen LogP contribution in [0.5, 0.6) is 0 Å². The largest absolute Gasteiger partial charge is 0.401 e. The standard InChI is InChI=1S/C28H46ClIO4Si/c1-10-23-14-16-24-26(32-23)19(3)20(4)27(33-24)25(34-35(8,9)28(5,6)7)15-13-22(31)12-11-21(29)17-18(2)30/h19-21,23-27H,2,10-12,14,16-17H2,1,3-9H3/t19-,20+,21-,23+,24+,25+,26-,27-/m1/s1. The second kappa shape index (κ2) is 13.2. The van der Waals surface area contributed by atoms with Gasteiger partial charge in [0.15, 0.2) is 8.32 Å². The topological polar surface area (TPSA) is 44.8 Å². The second-order valence-electron chi connectivity index (χ2n) is 11.9. The fourth-order valence-corrected chi connectivity index (χ4v) is 6.86. The van der Waals surface area contributed by atoms with Crippen molar-refractivity contribution in [2.45, 2.75) is 134 Å². The van der Waals surface area contributed by atoms with Crippen LogP contribution in [0.4, 0.5) is 0 Å². The van der Waals surface area contributed by atoms with Crippen molar-refractivity contribution in [3.05, 3.63) is 10.2 Å². The summed E-state index contributed by atoms with van der Waals surface area (Å²) in [4.78, 5) is 12.7. The van der Waals surface area contributed by atoms with E-state index in [-0.39, 0.29) is 40.4 Å². The number of ketones is 1. The van der Waals surface area contributed by atoms with Crippen LogP contribution in [0.15, 0.2) is 10.2 Å². The summed E-state index contributed by atoms with van der Waals surface area (Å²) >= 11 is 8.52. The summed E-state index contributed by atoms with van der Waals surface area (Å²) in [5.74, 6) is 6.57. The molecular weight excluding hydrogens is 591 g/mol. The van der Waals surface area contributed by atoms with E-state index in [4.69, 9.17) is 25.5 Å². The first kappa shape index (κ1) is 31.3. The highest BCUT2D eigenvalue weighted by Gasteiger charge is 2.49. The summed E-state index contributed by atoms with van der Waals surface area (Å²) in [5, 5.41) is -0.0685. The predicted molar refractivity (Wildman–Crippen MR) is 157 cm³/mol. The first-order chi connectivity index (χ1) is 16.2. The van der Waals surface area contributed by atoms with E-state index in [9.17, 15) is 4.79 Å². The zero-order valence-electron chi connectivity index (χ0n) is 23.0. The minimum Gasteiger partial charge on any atom is -0.401 e. The molecule has 2 aliphatic heterocycles. The van der Waals surface area contributed by atoms with Crippen LogP contribution >= 0.6 is 34.2 Å². The molecule has 2 aliphatic rings. The van der Waals surface area contributed by atoms with E-state index in [1.54, 1.807) is 0 Å². The number of ether oxygens (including phenoxy) is 2. The van der Waals surface area contributed by atoms with E-state index in [0.717, 1.165) is 22.8 Å². The molecule has 0 aliphatic carbocycles. The molecule has 0 aromatic heterocycles. The first-order valence-electron chi connectivity index (χ1n) is 13.2. The van der Waals surface area contributed by atoms with Crippen molar-refractivity contribution in [2.24, 2.45) is 11.8 Å². The Morgan fingerprint density at radius 3 is 2.46 bits per heavy atom. The third-order valence-electron chi connectivity index (χ3n) is 8.15. The maximum absolute atomic E-state index is 12.7. The quantitative estimate of drug-likeness (QED) is 0.0857. The number of halogens is 2. The van der Waals surface area contributed by atoms with Crippen LogP contribution in [-0.4, -0.2) is 50.0 Å². The molecule has 8 atom stereocenters. The number of rotatable bonds is 9. The fourth-order valence-electron chi connectivity index (χ4n) is 4.59. The van der Waals surface area contributed by atoms with E-state index >= 15 is 0 Å². The predicted octanol–water partition coefficient (Wildman–Crippen LogP) is 7.67. The smallest absolute Gasteiger partial charge is 0.205 e. The summed E-state index contributed by atoms with van der Waals surface area (Å²) < 4.78 is 20.9. The molecule has 0 unspecified atom stereocenters. The summed E-state index contributed by atoms with van der Waals surface area (Å²) in [7, 11) is -2.15. The Kier molecular flexibility index (Phi) is 11.8. The van der Waals surface area contributed by atoms with Crippen LogP contribution in [0.25, 0.3) is 0 Å². The molecule has 0 N–H and O–H groups in total. The number of allylic oxidation sites excluding steroid dienone is 1. The van der Waals surface area contributed by atoms with Crippen molar-refractivity contribution in [2.75, 3.05) is 0 Å². The van der Waals surface area contributed by atoms with Gasteiger partial charge in [0.25, 0.3) is 0 Å². The zero-order valence-corrected chi connectivity index (χ0v) is 26.9. The van der Waals surface area contributed by atoms with E-state index in [0.29, 0.717) is 31.3 Å². The van der Waals surface area contributed by atoms with Crippen LogP contribution in [0, 0.1) is 23.7 Å².